The van der Waals surface area contributed by atoms with Crippen LogP contribution >= 0.6 is 0 Å². The van der Waals surface area contributed by atoms with Crippen LogP contribution in [-0.4, -0.2) is 37.6 Å². The summed E-state index contributed by atoms with van der Waals surface area (Å²) in [5.41, 5.74) is 0. The molecule has 0 aromatic carbocycles. The van der Waals surface area contributed by atoms with Gasteiger partial charge in [0.2, 0.25) is 0 Å². The summed E-state index contributed by atoms with van der Waals surface area (Å²) in [7, 11) is 2.09. The molecule has 0 aliphatic carbocycles. The number of nitrogens with zero attached hydrogens (tertiary/aromatic N) is 1. The molecule has 1 N–H and O–H groups in total. The number of piperidine rings is 1. The molecule has 16 heavy (non-hydrogen) atoms. The van der Waals surface area contributed by atoms with Gasteiger partial charge in [-0.2, -0.15) is 0 Å². The van der Waals surface area contributed by atoms with Crippen molar-refractivity contribution in [3.63, 3.8) is 0 Å². The lowest BCUT2D eigenvalue weighted by molar-refractivity contribution is 0.150. The highest BCUT2D eigenvalue weighted by Crippen LogP contribution is 2.20. The average molecular weight is 226 g/mol. The Morgan fingerprint density at radius 2 is 2.06 bits per heavy atom. The average Bonchev–Trinajstić information content (AvgIpc) is 2.28. The third kappa shape index (κ3) is 4.84. The molecule has 1 aliphatic heterocycles. The quantitative estimate of drug-likeness (QED) is 0.749. The Balaban J connectivity index is 2.22. The second-order valence-corrected chi connectivity index (χ2v) is 5.82. The molecule has 1 saturated heterocycles. The first-order valence-corrected chi connectivity index (χ1v) is 7.03. The van der Waals surface area contributed by atoms with E-state index in [1.807, 2.05) is 0 Å². The minimum atomic E-state index is 0.674. The van der Waals surface area contributed by atoms with Gasteiger partial charge < -0.3 is 10.2 Å². The molecule has 0 aromatic heterocycles. The maximum absolute atomic E-state index is 3.40. The van der Waals surface area contributed by atoms with E-state index >= 15 is 0 Å². The van der Waals surface area contributed by atoms with E-state index in [1.54, 1.807) is 0 Å². The van der Waals surface area contributed by atoms with Crippen molar-refractivity contribution in [3.8, 4) is 0 Å². The molecule has 1 heterocycles. The molecule has 2 unspecified atom stereocenters. The van der Waals surface area contributed by atoms with Crippen molar-refractivity contribution >= 4 is 0 Å². The van der Waals surface area contributed by atoms with Crippen molar-refractivity contribution in [2.45, 2.75) is 52.5 Å². The van der Waals surface area contributed by atoms with Gasteiger partial charge in [0.15, 0.2) is 0 Å². The lowest BCUT2D eigenvalue weighted by atomic mass is 9.91. The Labute approximate surface area is 102 Å². The van der Waals surface area contributed by atoms with Crippen molar-refractivity contribution in [2.24, 2.45) is 11.8 Å². The van der Waals surface area contributed by atoms with E-state index in [4.69, 9.17) is 0 Å². The Hall–Kier alpha value is -0.0800. The van der Waals surface area contributed by atoms with Crippen LogP contribution in [0.3, 0.4) is 0 Å². The molecule has 0 radical (unpaired) electrons. The Morgan fingerprint density at radius 1 is 1.31 bits per heavy atom. The molecule has 2 atom stereocenters. The molecule has 0 aromatic rings. The summed E-state index contributed by atoms with van der Waals surface area (Å²) < 4.78 is 0. The summed E-state index contributed by atoms with van der Waals surface area (Å²) in [6.45, 7) is 10.9. The first-order valence-electron chi connectivity index (χ1n) is 7.03. The Bertz CT molecular complexity index is 180. The highest BCUT2D eigenvalue weighted by molar-refractivity contribution is 4.79. The second kappa shape index (κ2) is 7.29. The number of nitrogens with one attached hydrogen (secondary N) is 1. The van der Waals surface area contributed by atoms with Crippen LogP contribution in [0.4, 0.5) is 0 Å². The maximum Gasteiger partial charge on any atom is 0.00762 e. The smallest absolute Gasteiger partial charge is 0.00762 e. The van der Waals surface area contributed by atoms with Gasteiger partial charge in [-0.15, -0.1) is 0 Å². The van der Waals surface area contributed by atoms with Crippen LogP contribution in [0.2, 0.25) is 0 Å². The van der Waals surface area contributed by atoms with Gasteiger partial charge in [0, 0.05) is 12.6 Å². The van der Waals surface area contributed by atoms with Gasteiger partial charge in [0.25, 0.3) is 0 Å². The zero-order valence-electron chi connectivity index (χ0n) is 11.6. The fourth-order valence-electron chi connectivity index (χ4n) is 2.66. The third-order valence-corrected chi connectivity index (χ3v) is 3.96. The minimum Gasteiger partial charge on any atom is -0.317 e. The number of hydrogen-bond acceptors (Lipinski definition) is 2. The second-order valence-electron chi connectivity index (χ2n) is 5.82. The van der Waals surface area contributed by atoms with Crippen LogP contribution in [0.1, 0.15) is 46.5 Å². The molecule has 2 nitrogen and oxygen atoms in total. The maximum atomic E-state index is 3.40. The Morgan fingerprint density at radius 3 is 2.69 bits per heavy atom. The number of rotatable bonds is 6. The molecule has 0 amide bonds. The standard InChI is InChI=1S/C14H30N2/c1-12(2)7-5-9-16-10-6-8-14(11-16)13(3)15-4/h12-15H,5-11H2,1-4H3. The van der Waals surface area contributed by atoms with Crippen molar-refractivity contribution in [1.82, 2.24) is 10.2 Å². The van der Waals surface area contributed by atoms with Gasteiger partial charge in [-0.05, 0) is 64.6 Å². The van der Waals surface area contributed by atoms with Gasteiger partial charge >= 0.3 is 0 Å². The van der Waals surface area contributed by atoms with E-state index in [0.29, 0.717) is 6.04 Å². The molecule has 2 heteroatoms. The zero-order valence-corrected chi connectivity index (χ0v) is 11.6. The van der Waals surface area contributed by atoms with Crippen LogP contribution < -0.4 is 5.32 Å². The summed E-state index contributed by atoms with van der Waals surface area (Å²) in [6, 6.07) is 0.674. The fraction of sp³-hybridized carbons (Fsp3) is 1.00. The van der Waals surface area contributed by atoms with Gasteiger partial charge in [0.05, 0.1) is 0 Å². The van der Waals surface area contributed by atoms with Crippen molar-refractivity contribution in [3.05, 3.63) is 0 Å². The van der Waals surface area contributed by atoms with E-state index in [0.717, 1.165) is 11.8 Å². The van der Waals surface area contributed by atoms with Crippen molar-refractivity contribution in [2.75, 3.05) is 26.7 Å². The molecule has 0 spiro atoms. The first-order chi connectivity index (χ1) is 7.63. The first kappa shape index (κ1) is 14.0. The normalized spacial score (nSPS) is 24.9. The largest absolute Gasteiger partial charge is 0.317 e. The van der Waals surface area contributed by atoms with Crippen molar-refractivity contribution < 1.29 is 0 Å². The topological polar surface area (TPSA) is 15.3 Å². The summed E-state index contributed by atoms with van der Waals surface area (Å²) in [4.78, 5) is 2.67. The lowest BCUT2D eigenvalue weighted by Gasteiger charge is -2.35. The van der Waals surface area contributed by atoms with Crippen LogP contribution in [-0.2, 0) is 0 Å². The fourth-order valence-corrected chi connectivity index (χ4v) is 2.66. The van der Waals surface area contributed by atoms with E-state index in [1.165, 1.54) is 45.3 Å². The van der Waals surface area contributed by atoms with Gasteiger partial charge in [0.1, 0.15) is 0 Å². The van der Waals surface area contributed by atoms with Crippen LogP contribution in [0.15, 0.2) is 0 Å². The molecular formula is C14H30N2. The predicted molar refractivity (Wildman–Crippen MR) is 71.8 cm³/mol. The van der Waals surface area contributed by atoms with Gasteiger partial charge in [-0.1, -0.05) is 13.8 Å². The summed E-state index contributed by atoms with van der Waals surface area (Å²) in [5.74, 6) is 1.72. The molecule has 1 rings (SSSR count). The molecule has 1 aliphatic rings. The van der Waals surface area contributed by atoms with Gasteiger partial charge in [-0.3, -0.25) is 0 Å². The summed E-state index contributed by atoms with van der Waals surface area (Å²) in [6.07, 6.45) is 5.54. The lowest BCUT2D eigenvalue weighted by Crippen LogP contribution is -2.43. The monoisotopic (exact) mass is 226 g/mol. The highest BCUT2D eigenvalue weighted by Gasteiger charge is 2.23. The van der Waals surface area contributed by atoms with E-state index < -0.39 is 0 Å². The molecule has 1 fully saturated rings. The van der Waals surface area contributed by atoms with E-state index in [2.05, 4.69) is 38.0 Å². The minimum absolute atomic E-state index is 0.674. The molecular weight excluding hydrogens is 196 g/mol. The summed E-state index contributed by atoms with van der Waals surface area (Å²) in [5, 5.41) is 3.40. The van der Waals surface area contributed by atoms with Crippen LogP contribution in [0.25, 0.3) is 0 Å². The molecule has 0 saturated carbocycles. The van der Waals surface area contributed by atoms with Crippen molar-refractivity contribution in [1.29, 1.82) is 0 Å². The zero-order chi connectivity index (χ0) is 12.0. The van der Waals surface area contributed by atoms with E-state index in [9.17, 15) is 0 Å². The SMILES string of the molecule is CNC(C)C1CCCN(CCCC(C)C)C1. The number of likely N-dealkylation sites (tertiary alicyclic amines) is 1. The predicted octanol–water partition coefficient (Wildman–Crippen LogP) is 2.74. The molecule has 96 valence electrons. The van der Waals surface area contributed by atoms with Crippen LogP contribution in [0, 0.1) is 11.8 Å². The molecule has 0 bridgehead atoms. The highest BCUT2D eigenvalue weighted by atomic mass is 15.1. The van der Waals surface area contributed by atoms with Gasteiger partial charge in [-0.25, -0.2) is 0 Å². The van der Waals surface area contributed by atoms with E-state index in [-0.39, 0.29) is 0 Å². The summed E-state index contributed by atoms with van der Waals surface area (Å²) >= 11 is 0. The third-order valence-electron chi connectivity index (χ3n) is 3.96. The van der Waals surface area contributed by atoms with Crippen LogP contribution in [0.5, 0.6) is 0 Å². The number of hydrogen-bond donors (Lipinski definition) is 1. The Kier molecular flexibility index (Phi) is 6.37.